The van der Waals surface area contributed by atoms with Gasteiger partial charge in [0.05, 0.1) is 24.2 Å². The average molecular weight is 379 g/mol. The number of aromatic nitrogens is 2. The Hall–Kier alpha value is -2.58. The van der Waals surface area contributed by atoms with Crippen LogP contribution in [0.4, 0.5) is 0 Å². The second-order valence-corrected chi connectivity index (χ2v) is 6.36. The van der Waals surface area contributed by atoms with Gasteiger partial charge in [0.25, 0.3) is 11.8 Å². The standard InChI is InChI=1S/C17H19ClN4O4/c1-10-3-2-4-12(18)15(10)26-6-5-19-16(24)13-7-14-17(25)20-8-11(23)9-22(14)21-13/h2-4,7,11,23H,5-6,8-9H2,1H3,(H,19,24)(H,20,25)/t11-/m1/s1. The Morgan fingerprint density at radius 2 is 2.35 bits per heavy atom. The van der Waals surface area contributed by atoms with Gasteiger partial charge >= 0.3 is 0 Å². The van der Waals surface area contributed by atoms with Gasteiger partial charge in [0.15, 0.2) is 5.69 Å². The number of nitrogens with zero attached hydrogens (tertiary/aromatic N) is 2. The zero-order chi connectivity index (χ0) is 18.7. The number of nitrogens with one attached hydrogen (secondary N) is 2. The summed E-state index contributed by atoms with van der Waals surface area (Å²) in [4.78, 5) is 24.1. The molecule has 0 radical (unpaired) electrons. The molecule has 2 aromatic rings. The largest absolute Gasteiger partial charge is 0.490 e. The molecule has 1 aliphatic rings. The fraction of sp³-hybridized carbons (Fsp3) is 0.353. The number of aliphatic hydroxyl groups is 1. The number of amides is 2. The van der Waals surface area contributed by atoms with Crippen molar-refractivity contribution in [2.45, 2.75) is 19.6 Å². The molecule has 0 bridgehead atoms. The molecular formula is C17H19ClN4O4. The van der Waals surface area contributed by atoms with Gasteiger partial charge in [-0.15, -0.1) is 0 Å². The number of carbonyl (C=O) groups is 2. The molecule has 1 aromatic heterocycles. The number of β-amino-alcohol motifs (C(OH)–C–C–N with tert-alkyl or cyclic N) is 1. The summed E-state index contributed by atoms with van der Waals surface area (Å²) < 4.78 is 6.95. The number of aliphatic hydroxyl groups excluding tert-OH is 1. The topological polar surface area (TPSA) is 105 Å². The highest BCUT2D eigenvalue weighted by Gasteiger charge is 2.24. The van der Waals surface area contributed by atoms with Crippen LogP contribution in [0.1, 0.15) is 26.5 Å². The van der Waals surface area contributed by atoms with Crippen LogP contribution in [0.2, 0.25) is 5.02 Å². The summed E-state index contributed by atoms with van der Waals surface area (Å²) in [6, 6.07) is 6.86. The summed E-state index contributed by atoms with van der Waals surface area (Å²) in [5.41, 5.74) is 1.26. The highest BCUT2D eigenvalue weighted by atomic mass is 35.5. The summed E-state index contributed by atoms with van der Waals surface area (Å²) in [5, 5.41) is 19.6. The number of hydrogen-bond acceptors (Lipinski definition) is 5. The van der Waals surface area contributed by atoms with Crippen LogP contribution in [-0.2, 0) is 6.54 Å². The van der Waals surface area contributed by atoms with Crippen molar-refractivity contribution in [3.05, 3.63) is 46.2 Å². The average Bonchev–Trinajstić information content (AvgIpc) is 2.97. The summed E-state index contributed by atoms with van der Waals surface area (Å²) in [5.74, 6) is -0.208. The molecule has 9 heteroatoms. The van der Waals surface area contributed by atoms with E-state index in [-0.39, 0.29) is 43.5 Å². The number of fused-ring (bicyclic) bond motifs is 1. The third kappa shape index (κ3) is 3.97. The zero-order valence-electron chi connectivity index (χ0n) is 14.2. The van der Waals surface area contributed by atoms with Crippen molar-refractivity contribution in [3.63, 3.8) is 0 Å². The van der Waals surface area contributed by atoms with E-state index in [1.165, 1.54) is 10.7 Å². The summed E-state index contributed by atoms with van der Waals surface area (Å²) in [7, 11) is 0. The first-order valence-corrected chi connectivity index (χ1v) is 8.53. The fourth-order valence-electron chi connectivity index (χ4n) is 2.62. The van der Waals surface area contributed by atoms with Gasteiger partial charge in [-0.2, -0.15) is 5.10 Å². The molecule has 2 amide bonds. The number of carbonyl (C=O) groups excluding carboxylic acids is 2. The lowest BCUT2D eigenvalue weighted by Crippen LogP contribution is -2.30. The van der Waals surface area contributed by atoms with E-state index in [2.05, 4.69) is 15.7 Å². The molecule has 1 atom stereocenters. The van der Waals surface area contributed by atoms with Crippen LogP contribution in [0.3, 0.4) is 0 Å². The van der Waals surface area contributed by atoms with E-state index >= 15 is 0 Å². The Bertz CT molecular complexity index is 816. The van der Waals surface area contributed by atoms with Gasteiger partial charge in [0.1, 0.15) is 18.1 Å². The van der Waals surface area contributed by atoms with Crippen LogP contribution < -0.4 is 15.4 Å². The maximum atomic E-state index is 12.2. The molecule has 138 valence electrons. The lowest BCUT2D eigenvalue weighted by Gasteiger charge is -2.11. The number of benzene rings is 1. The first kappa shape index (κ1) is 18.2. The normalized spacial score (nSPS) is 16.4. The number of aryl methyl sites for hydroxylation is 1. The van der Waals surface area contributed by atoms with Crippen molar-refractivity contribution in [2.24, 2.45) is 0 Å². The van der Waals surface area contributed by atoms with Gasteiger partial charge in [-0.1, -0.05) is 23.7 Å². The van der Waals surface area contributed by atoms with E-state index in [0.717, 1.165) is 5.56 Å². The minimum absolute atomic E-state index is 0.109. The highest BCUT2D eigenvalue weighted by molar-refractivity contribution is 6.32. The van der Waals surface area contributed by atoms with Crippen LogP contribution in [0.5, 0.6) is 5.75 Å². The van der Waals surface area contributed by atoms with Gasteiger partial charge in [0, 0.05) is 12.6 Å². The van der Waals surface area contributed by atoms with Crippen LogP contribution in [0.15, 0.2) is 24.3 Å². The van der Waals surface area contributed by atoms with Crippen molar-refractivity contribution in [1.82, 2.24) is 20.4 Å². The van der Waals surface area contributed by atoms with Gasteiger partial charge in [-0.3, -0.25) is 14.3 Å². The number of hydrogen-bond donors (Lipinski definition) is 3. The number of rotatable bonds is 5. The van der Waals surface area contributed by atoms with Crippen molar-refractivity contribution in [2.75, 3.05) is 19.7 Å². The van der Waals surface area contributed by atoms with Crippen LogP contribution >= 0.6 is 11.6 Å². The minimum atomic E-state index is -0.747. The van der Waals surface area contributed by atoms with E-state index in [0.29, 0.717) is 10.8 Å². The molecule has 26 heavy (non-hydrogen) atoms. The van der Waals surface area contributed by atoms with Crippen LogP contribution in [0.25, 0.3) is 0 Å². The first-order chi connectivity index (χ1) is 12.5. The Kier molecular flexibility index (Phi) is 5.43. The van der Waals surface area contributed by atoms with Gasteiger partial charge in [-0.25, -0.2) is 0 Å². The maximum Gasteiger partial charge on any atom is 0.271 e. The van der Waals surface area contributed by atoms with Crippen LogP contribution in [0, 0.1) is 6.92 Å². The van der Waals surface area contributed by atoms with Crippen LogP contribution in [-0.4, -0.2) is 52.5 Å². The van der Waals surface area contributed by atoms with E-state index in [1.54, 1.807) is 6.07 Å². The highest BCUT2D eigenvalue weighted by Crippen LogP contribution is 2.27. The smallest absolute Gasteiger partial charge is 0.271 e. The summed E-state index contributed by atoms with van der Waals surface area (Å²) in [6.45, 7) is 2.68. The lowest BCUT2D eigenvalue weighted by atomic mass is 10.2. The summed E-state index contributed by atoms with van der Waals surface area (Å²) in [6.07, 6.45) is -0.747. The molecule has 0 saturated heterocycles. The van der Waals surface area contributed by atoms with E-state index in [9.17, 15) is 14.7 Å². The monoisotopic (exact) mass is 378 g/mol. The van der Waals surface area contributed by atoms with E-state index < -0.39 is 12.0 Å². The van der Waals surface area contributed by atoms with Gasteiger partial charge < -0.3 is 20.5 Å². The molecule has 0 fully saturated rings. The van der Waals surface area contributed by atoms with Crippen molar-refractivity contribution in [1.29, 1.82) is 0 Å². The molecule has 3 rings (SSSR count). The minimum Gasteiger partial charge on any atom is -0.490 e. The first-order valence-electron chi connectivity index (χ1n) is 8.16. The van der Waals surface area contributed by atoms with E-state index in [4.69, 9.17) is 16.3 Å². The summed E-state index contributed by atoms with van der Waals surface area (Å²) >= 11 is 6.08. The maximum absolute atomic E-state index is 12.2. The third-order valence-electron chi connectivity index (χ3n) is 3.93. The lowest BCUT2D eigenvalue weighted by molar-refractivity contribution is 0.0931. The predicted molar refractivity (Wildman–Crippen MR) is 94.6 cm³/mol. The van der Waals surface area contributed by atoms with Crippen molar-refractivity contribution >= 4 is 23.4 Å². The Morgan fingerprint density at radius 1 is 1.54 bits per heavy atom. The second kappa shape index (κ2) is 7.76. The zero-order valence-corrected chi connectivity index (χ0v) is 14.9. The molecule has 0 spiro atoms. The van der Waals surface area contributed by atoms with Gasteiger partial charge in [-0.05, 0) is 18.6 Å². The molecule has 0 unspecified atom stereocenters. The molecular weight excluding hydrogens is 360 g/mol. The second-order valence-electron chi connectivity index (χ2n) is 5.95. The van der Waals surface area contributed by atoms with Gasteiger partial charge in [0.2, 0.25) is 0 Å². The van der Waals surface area contributed by atoms with Crippen molar-refractivity contribution in [3.8, 4) is 5.75 Å². The third-order valence-corrected chi connectivity index (χ3v) is 4.22. The molecule has 3 N–H and O–H groups in total. The number of ether oxygens (including phenoxy) is 1. The van der Waals surface area contributed by atoms with Crippen molar-refractivity contribution < 1.29 is 19.4 Å². The predicted octanol–water partition coefficient (Wildman–Crippen LogP) is 0.758. The quantitative estimate of drug-likeness (QED) is 0.666. The number of halogens is 1. The fourth-order valence-corrected chi connectivity index (χ4v) is 2.90. The molecule has 8 nitrogen and oxygen atoms in total. The molecule has 0 aliphatic carbocycles. The molecule has 0 saturated carbocycles. The van der Waals surface area contributed by atoms with E-state index in [1.807, 2.05) is 19.1 Å². The molecule has 1 aliphatic heterocycles. The molecule has 1 aromatic carbocycles. The Balaban J connectivity index is 1.57. The Morgan fingerprint density at radius 3 is 3.12 bits per heavy atom. The Labute approximate surface area is 155 Å². The molecule has 2 heterocycles. The number of para-hydroxylation sites is 1. The SMILES string of the molecule is Cc1cccc(Cl)c1OCCNC(=O)c1cc2n(n1)C[C@H](O)CNC2=O.